The number of carbonyl (C=O) groups is 2. The van der Waals surface area contributed by atoms with Crippen molar-refractivity contribution in [1.82, 2.24) is 9.88 Å². The topological polar surface area (TPSA) is 66.7 Å². The van der Waals surface area contributed by atoms with E-state index < -0.39 is 0 Å². The van der Waals surface area contributed by atoms with Crippen molar-refractivity contribution in [2.75, 3.05) is 38.0 Å². The number of anilines is 1. The van der Waals surface area contributed by atoms with Crippen molar-refractivity contribution in [2.45, 2.75) is 67.2 Å². The van der Waals surface area contributed by atoms with Gasteiger partial charge in [0, 0.05) is 10.8 Å². The highest BCUT2D eigenvalue weighted by molar-refractivity contribution is 7.15. The van der Waals surface area contributed by atoms with Crippen LogP contribution in [0.5, 0.6) is 0 Å². The zero-order valence-electron chi connectivity index (χ0n) is 18.6. The summed E-state index contributed by atoms with van der Waals surface area (Å²) >= 11 is 1.47. The van der Waals surface area contributed by atoms with Gasteiger partial charge in [-0.3, -0.25) is 9.59 Å². The molecule has 0 aliphatic heterocycles. The van der Waals surface area contributed by atoms with E-state index in [1.807, 2.05) is 13.8 Å². The predicted molar refractivity (Wildman–Crippen MR) is 117 cm³/mol. The maximum absolute atomic E-state index is 13.1. The largest absolute Gasteiger partial charge is 0.334 e. The monoisotopic (exact) mass is 411 g/mol. The lowest BCUT2D eigenvalue weighted by Gasteiger charge is -2.28. The Kier molecular flexibility index (Phi) is 11.3. The van der Waals surface area contributed by atoms with E-state index in [2.05, 4.69) is 38.0 Å². The first kappa shape index (κ1) is 24.6. The zero-order valence-corrected chi connectivity index (χ0v) is 19.4. The Balaban J connectivity index is 2.82. The number of rotatable bonds is 13. The summed E-state index contributed by atoms with van der Waals surface area (Å²) < 4.78 is 0. The van der Waals surface area contributed by atoms with Crippen LogP contribution in [0.25, 0.3) is 0 Å². The molecule has 1 heterocycles. The van der Waals surface area contributed by atoms with Crippen LogP contribution in [0.15, 0.2) is 0 Å². The molecule has 0 aliphatic carbocycles. The molecule has 7 heteroatoms. The van der Waals surface area contributed by atoms with E-state index in [1.54, 1.807) is 4.90 Å². The molecule has 0 fully saturated rings. The first-order valence-electron chi connectivity index (χ1n) is 10.7. The number of quaternary nitrogens is 1. The molecule has 0 spiro atoms. The van der Waals surface area contributed by atoms with Gasteiger partial charge in [-0.05, 0) is 40.5 Å². The SMILES string of the molecule is CCCC[C@H](CC)C(=O)N(CC[NH+](CC)CC)CC(=O)Nc1nc(C)c(C)s1. The molecule has 1 rings (SSSR count). The summed E-state index contributed by atoms with van der Waals surface area (Å²) in [6, 6.07) is 0. The lowest BCUT2D eigenvalue weighted by atomic mass is 9.97. The number of nitrogens with zero attached hydrogens (tertiary/aromatic N) is 2. The number of aromatic nitrogens is 1. The van der Waals surface area contributed by atoms with Gasteiger partial charge in [0.15, 0.2) is 5.13 Å². The smallest absolute Gasteiger partial charge is 0.245 e. The van der Waals surface area contributed by atoms with Crippen molar-refractivity contribution in [1.29, 1.82) is 0 Å². The number of hydrogen-bond donors (Lipinski definition) is 2. The molecule has 2 amide bonds. The highest BCUT2D eigenvalue weighted by Crippen LogP contribution is 2.21. The molecule has 0 unspecified atom stereocenters. The van der Waals surface area contributed by atoms with Crippen LogP contribution >= 0.6 is 11.3 Å². The number of thiazole rings is 1. The Morgan fingerprint density at radius 3 is 2.36 bits per heavy atom. The van der Waals surface area contributed by atoms with E-state index in [9.17, 15) is 9.59 Å². The van der Waals surface area contributed by atoms with Crippen LogP contribution in [-0.2, 0) is 9.59 Å². The zero-order chi connectivity index (χ0) is 21.1. The molecule has 1 aromatic heterocycles. The fourth-order valence-corrected chi connectivity index (χ4v) is 4.06. The van der Waals surface area contributed by atoms with Gasteiger partial charge < -0.3 is 15.1 Å². The predicted octanol–water partition coefficient (Wildman–Crippen LogP) is 2.67. The molecule has 6 nitrogen and oxygen atoms in total. The number of unbranched alkanes of at least 4 members (excludes halogenated alkanes) is 1. The maximum Gasteiger partial charge on any atom is 0.245 e. The van der Waals surface area contributed by atoms with E-state index in [-0.39, 0.29) is 24.3 Å². The Hall–Kier alpha value is -1.47. The summed E-state index contributed by atoms with van der Waals surface area (Å²) in [5.74, 6) is -0.0463. The average Bonchev–Trinajstić information content (AvgIpc) is 2.98. The fourth-order valence-electron chi connectivity index (χ4n) is 3.23. The molecule has 0 bridgehead atoms. The second kappa shape index (κ2) is 12.9. The molecule has 28 heavy (non-hydrogen) atoms. The molecular weight excluding hydrogens is 372 g/mol. The van der Waals surface area contributed by atoms with E-state index in [4.69, 9.17) is 0 Å². The number of likely N-dealkylation sites (N-methyl/N-ethyl adjacent to an activating group) is 1. The van der Waals surface area contributed by atoms with Crippen molar-refractivity contribution in [3.05, 3.63) is 10.6 Å². The van der Waals surface area contributed by atoms with Gasteiger partial charge in [0.1, 0.15) is 6.54 Å². The minimum Gasteiger partial charge on any atom is -0.334 e. The third kappa shape index (κ3) is 7.87. The summed E-state index contributed by atoms with van der Waals surface area (Å²) in [5, 5.41) is 3.48. The highest BCUT2D eigenvalue weighted by Gasteiger charge is 2.25. The maximum atomic E-state index is 13.1. The first-order chi connectivity index (χ1) is 13.4. The molecule has 1 atom stereocenters. The Bertz CT molecular complexity index is 594. The van der Waals surface area contributed by atoms with Crippen molar-refractivity contribution in [2.24, 2.45) is 5.92 Å². The fraction of sp³-hybridized carbons (Fsp3) is 0.762. The van der Waals surface area contributed by atoms with Gasteiger partial charge in [-0.15, -0.1) is 11.3 Å². The van der Waals surface area contributed by atoms with Crippen LogP contribution < -0.4 is 10.2 Å². The third-order valence-corrected chi connectivity index (χ3v) is 6.39. The van der Waals surface area contributed by atoms with E-state index >= 15 is 0 Å². The molecule has 0 aliphatic rings. The molecule has 1 aromatic rings. The van der Waals surface area contributed by atoms with Crippen LogP contribution in [0.3, 0.4) is 0 Å². The quantitative estimate of drug-likeness (QED) is 0.524. The highest BCUT2D eigenvalue weighted by atomic mass is 32.1. The standard InChI is InChI=1S/C21H38N4O2S/c1-7-11-12-18(8-2)20(27)25(14-13-24(9-3)10-4)15-19(26)23-21-22-16(5)17(6)28-21/h18H,7-15H2,1-6H3,(H,22,23,26)/p+1/t18-/m0/s1. The summed E-state index contributed by atoms with van der Waals surface area (Å²) in [5.41, 5.74) is 0.934. The van der Waals surface area contributed by atoms with Crippen LogP contribution in [0.1, 0.15) is 63.9 Å². The lowest BCUT2D eigenvalue weighted by Crippen LogP contribution is -3.12. The first-order valence-corrected chi connectivity index (χ1v) is 11.5. The Labute approximate surface area is 174 Å². The van der Waals surface area contributed by atoms with Crippen molar-refractivity contribution < 1.29 is 14.5 Å². The van der Waals surface area contributed by atoms with Crippen LogP contribution in [0.4, 0.5) is 5.13 Å². The second-order valence-corrected chi connectivity index (χ2v) is 8.63. The van der Waals surface area contributed by atoms with Gasteiger partial charge in [-0.1, -0.05) is 26.7 Å². The summed E-state index contributed by atoms with van der Waals surface area (Å²) in [4.78, 5) is 34.4. The minimum absolute atomic E-state index is 0.00352. The average molecular weight is 412 g/mol. The van der Waals surface area contributed by atoms with Gasteiger partial charge in [0.25, 0.3) is 0 Å². The third-order valence-electron chi connectivity index (χ3n) is 5.40. The van der Waals surface area contributed by atoms with Crippen molar-refractivity contribution in [3.8, 4) is 0 Å². The number of nitrogens with one attached hydrogen (secondary N) is 2. The number of amides is 2. The lowest BCUT2D eigenvalue weighted by molar-refractivity contribution is -0.895. The van der Waals surface area contributed by atoms with Gasteiger partial charge >= 0.3 is 0 Å². The van der Waals surface area contributed by atoms with Crippen LogP contribution in [0.2, 0.25) is 0 Å². The van der Waals surface area contributed by atoms with Gasteiger partial charge in [-0.2, -0.15) is 0 Å². The number of carbonyl (C=O) groups excluding carboxylic acids is 2. The van der Waals surface area contributed by atoms with E-state index in [0.717, 1.165) is 55.9 Å². The molecule has 0 aromatic carbocycles. The second-order valence-electron chi connectivity index (χ2n) is 7.42. The summed E-state index contributed by atoms with van der Waals surface area (Å²) in [6.07, 6.45) is 3.84. The molecule has 0 saturated heterocycles. The Morgan fingerprint density at radius 1 is 1.18 bits per heavy atom. The summed E-state index contributed by atoms with van der Waals surface area (Å²) in [7, 11) is 0. The molecule has 0 saturated carbocycles. The van der Waals surface area contributed by atoms with E-state index in [1.165, 1.54) is 16.2 Å². The van der Waals surface area contributed by atoms with E-state index in [0.29, 0.717) is 11.7 Å². The molecule has 2 N–H and O–H groups in total. The molecule has 0 radical (unpaired) electrons. The minimum atomic E-state index is -0.165. The molecule has 160 valence electrons. The summed E-state index contributed by atoms with van der Waals surface area (Å²) in [6.45, 7) is 16.1. The normalized spacial score (nSPS) is 12.2. The number of aryl methyl sites for hydroxylation is 2. The Morgan fingerprint density at radius 2 is 1.86 bits per heavy atom. The van der Waals surface area contributed by atoms with Crippen LogP contribution in [-0.4, -0.2) is 54.4 Å². The number of hydrogen-bond acceptors (Lipinski definition) is 4. The van der Waals surface area contributed by atoms with Gasteiger partial charge in [0.05, 0.1) is 31.9 Å². The van der Waals surface area contributed by atoms with Crippen molar-refractivity contribution in [3.63, 3.8) is 0 Å². The van der Waals surface area contributed by atoms with Gasteiger partial charge in [-0.25, -0.2) is 4.98 Å². The van der Waals surface area contributed by atoms with Crippen molar-refractivity contribution >= 4 is 28.3 Å². The molecular formula is C21H39N4O2S+. The van der Waals surface area contributed by atoms with Crippen LogP contribution in [0, 0.1) is 19.8 Å². The van der Waals surface area contributed by atoms with Gasteiger partial charge in [0.2, 0.25) is 11.8 Å².